The van der Waals surface area contributed by atoms with Gasteiger partial charge >= 0.3 is 0 Å². The number of fused-ring (bicyclic) bond motifs is 1. The number of rotatable bonds is 9. The maximum Gasteiger partial charge on any atom is 0.244 e. The average molecular weight is 449 g/mol. The van der Waals surface area contributed by atoms with E-state index in [2.05, 4.69) is 5.32 Å². The van der Waals surface area contributed by atoms with Crippen LogP contribution in [0.25, 0.3) is 0 Å². The van der Waals surface area contributed by atoms with Crippen LogP contribution in [-0.4, -0.2) is 52.5 Å². The van der Waals surface area contributed by atoms with Crippen molar-refractivity contribution in [1.82, 2.24) is 5.32 Å². The topological polar surface area (TPSA) is 94.2 Å². The molecule has 0 saturated heterocycles. The number of amides is 1. The second-order valence-corrected chi connectivity index (χ2v) is 9.01. The van der Waals surface area contributed by atoms with Crippen molar-refractivity contribution in [2.24, 2.45) is 0 Å². The van der Waals surface area contributed by atoms with Gasteiger partial charge < -0.3 is 19.5 Å². The molecule has 2 aromatic rings. The summed E-state index contributed by atoms with van der Waals surface area (Å²) in [5.41, 5.74) is 0.402. The van der Waals surface area contributed by atoms with Gasteiger partial charge in [-0.15, -0.1) is 0 Å². The van der Waals surface area contributed by atoms with E-state index in [0.717, 1.165) is 10.6 Å². The molecule has 2 atom stereocenters. The average Bonchev–Trinajstić information content (AvgIpc) is 2.75. The maximum absolute atomic E-state index is 13.0. The van der Waals surface area contributed by atoms with Gasteiger partial charge in [-0.2, -0.15) is 0 Å². The van der Waals surface area contributed by atoms with Gasteiger partial charge in [-0.1, -0.05) is 19.1 Å². The van der Waals surface area contributed by atoms with E-state index < -0.39 is 22.0 Å². The van der Waals surface area contributed by atoms with Gasteiger partial charge in [0.1, 0.15) is 24.5 Å². The molecule has 0 aromatic heterocycles. The Morgan fingerprint density at radius 3 is 2.45 bits per heavy atom. The van der Waals surface area contributed by atoms with E-state index in [9.17, 15) is 13.2 Å². The van der Waals surface area contributed by atoms with E-state index in [1.165, 1.54) is 0 Å². The zero-order chi connectivity index (χ0) is 22.4. The molecular formula is C22H28N2O6S. The summed E-state index contributed by atoms with van der Waals surface area (Å²) in [5.74, 6) is 1.51. The Bertz CT molecular complexity index is 993. The molecule has 1 aliphatic rings. The van der Waals surface area contributed by atoms with Crippen LogP contribution in [0.5, 0.6) is 17.2 Å². The van der Waals surface area contributed by atoms with Gasteiger partial charge in [0.15, 0.2) is 11.5 Å². The molecule has 0 aliphatic carbocycles. The summed E-state index contributed by atoms with van der Waals surface area (Å²) in [4.78, 5) is 13.0. The summed E-state index contributed by atoms with van der Waals surface area (Å²) in [5, 5.41) is 2.81. The predicted molar refractivity (Wildman–Crippen MR) is 118 cm³/mol. The summed E-state index contributed by atoms with van der Waals surface area (Å²) in [7, 11) is -3.71. The molecule has 8 nitrogen and oxygen atoms in total. The van der Waals surface area contributed by atoms with Crippen LogP contribution in [-0.2, 0) is 14.8 Å². The minimum atomic E-state index is -3.71. The lowest BCUT2D eigenvalue weighted by Crippen LogP contribution is -2.51. The van der Waals surface area contributed by atoms with Crippen molar-refractivity contribution < 1.29 is 27.4 Å². The highest BCUT2D eigenvalue weighted by molar-refractivity contribution is 7.92. The first kappa shape index (κ1) is 22.7. The molecule has 0 bridgehead atoms. The summed E-state index contributed by atoms with van der Waals surface area (Å²) in [6.45, 7) is 4.64. The second kappa shape index (κ2) is 9.91. The van der Waals surface area contributed by atoms with Gasteiger partial charge in [0, 0.05) is 0 Å². The van der Waals surface area contributed by atoms with Gasteiger partial charge in [-0.05, 0) is 49.7 Å². The molecule has 9 heteroatoms. The Hall–Kier alpha value is -2.94. The molecule has 0 spiro atoms. The van der Waals surface area contributed by atoms with Crippen molar-refractivity contribution in [3.8, 4) is 17.2 Å². The van der Waals surface area contributed by atoms with Crippen LogP contribution in [0.2, 0.25) is 0 Å². The number of hydrogen-bond donors (Lipinski definition) is 1. The first-order chi connectivity index (χ1) is 14.8. The molecule has 3 rings (SSSR count). The fourth-order valence-corrected chi connectivity index (χ4v) is 4.62. The molecule has 0 radical (unpaired) electrons. The van der Waals surface area contributed by atoms with Crippen molar-refractivity contribution in [3.63, 3.8) is 0 Å². The number of ether oxygens (including phenoxy) is 3. The Labute approximate surface area is 183 Å². The van der Waals surface area contributed by atoms with E-state index in [4.69, 9.17) is 14.2 Å². The highest BCUT2D eigenvalue weighted by atomic mass is 32.2. The number of anilines is 1. The van der Waals surface area contributed by atoms with E-state index in [1.54, 1.807) is 37.3 Å². The maximum atomic E-state index is 13.0. The van der Waals surface area contributed by atoms with Gasteiger partial charge in [0.05, 0.1) is 25.1 Å². The van der Waals surface area contributed by atoms with Crippen LogP contribution in [0.1, 0.15) is 20.3 Å². The Balaban J connectivity index is 1.71. The molecule has 0 unspecified atom stereocenters. The zero-order valence-electron chi connectivity index (χ0n) is 17.9. The van der Waals surface area contributed by atoms with Gasteiger partial charge in [0.2, 0.25) is 15.9 Å². The fraction of sp³-hybridized carbons (Fsp3) is 0.409. The number of nitrogens with one attached hydrogen (secondary N) is 1. The van der Waals surface area contributed by atoms with Crippen LogP contribution in [0.15, 0.2) is 48.5 Å². The minimum Gasteiger partial charge on any atom is -0.494 e. The monoisotopic (exact) mass is 448 g/mol. The van der Waals surface area contributed by atoms with Gasteiger partial charge in [0.25, 0.3) is 0 Å². The molecule has 2 aromatic carbocycles. The van der Waals surface area contributed by atoms with Crippen molar-refractivity contribution in [2.45, 2.75) is 32.4 Å². The largest absolute Gasteiger partial charge is 0.494 e. The molecule has 1 heterocycles. The first-order valence-corrected chi connectivity index (χ1v) is 12.1. The molecule has 31 heavy (non-hydrogen) atoms. The van der Waals surface area contributed by atoms with Crippen molar-refractivity contribution in [3.05, 3.63) is 48.5 Å². The van der Waals surface area contributed by atoms with Crippen LogP contribution >= 0.6 is 0 Å². The lowest BCUT2D eigenvalue weighted by molar-refractivity contribution is -0.122. The molecule has 168 valence electrons. The number of para-hydroxylation sites is 2. The second-order valence-electron chi connectivity index (χ2n) is 7.15. The lowest BCUT2D eigenvalue weighted by atomic mass is 10.1. The van der Waals surface area contributed by atoms with E-state index in [0.29, 0.717) is 42.6 Å². The van der Waals surface area contributed by atoms with E-state index in [-0.39, 0.29) is 12.6 Å². The highest BCUT2D eigenvalue weighted by Crippen LogP contribution is 2.31. The normalized spacial score (nSPS) is 16.3. The smallest absolute Gasteiger partial charge is 0.244 e. The molecule has 0 saturated carbocycles. The lowest BCUT2D eigenvalue weighted by Gasteiger charge is -2.31. The zero-order valence-corrected chi connectivity index (χ0v) is 18.7. The third kappa shape index (κ3) is 5.61. The van der Waals surface area contributed by atoms with Crippen molar-refractivity contribution in [2.75, 3.05) is 30.3 Å². The summed E-state index contributed by atoms with van der Waals surface area (Å²) in [6, 6.07) is 13.1. The molecule has 1 amide bonds. The molecule has 1 aliphatic heterocycles. The fourth-order valence-electron chi connectivity index (χ4n) is 3.41. The third-order valence-electron chi connectivity index (χ3n) is 4.80. The van der Waals surface area contributed by atoms with Gasteiger partial charge in [-0.25, -0.2) is 8.42 Å². The third-order valence-corrected chi connectivity index (χ3v) is 5.98. The Kier molecular flexibility index (Phi) is 7.27. The quantitative estimate of drug-likeness (QED) is 0.634. The highest BCUT2D eigenvalue weighted by Gasteiger charge is 2.32. The standard InChI is InChI=1S/C22H28N2O6S/c1-4-19(24(31(3,26)27)16-10-12-17(13-11-16)28-5-2)22(25)23-14-18-15-29-20-8-6-7-9-21(20)30-18/h6-13,18-19H,4-5,14-15H2,1-3H3,(H,23,25)/t18-,19-/m0/s1. The van der Waals surface area contributed by atoms with Gasteiger partial charge in [-0.3, -0.25) is 9.10 Å². The number of carbonyl (C=O) groups excluding carboxylic acids is 1. The summed E-state index contributed by atoms with van der Waals surface area (Å²) < 4.78 is 43.2. The Morgan fingerprint density at radius 1 is 1.16 bits per heavy atom. The SMILES string of the molecule is CCOc1ccc(N([C@@H](CC)C(=O)NC[C@H]2COc3ccccc3O2)S(C)(=O)=O)cc1. The number of carbonyl (C=O) groups is 1. The molecule has 0 fully saturated rings. The minimum absolute atomic E-state index is 0.199. The summed E-state index contributed by atoms with van der Waals surface area (Å²) >= 11 is 0. The van der Waals surface area contributed by atoms with Crippen molar-refractivity contribution in [1.29, 1.82) is 0 Å². The van der Waals surface area contributed by atoms with E-state index in [1.807, 2.05) is 25.1 Å². The number of sulfonamides is 1. The Morgan fingerprint density at radius 2 is 1.84 bits per heavy atom. The number of hydrogen-bond acceptors (Lipinski definition) is 6. The molecular weight excluding hydrogens is 420 g/mol. The molecule has 1 N–H and O–H groups in total. The van der Waals surface area contributed by atoms with Crippen LogP contribution in [0.4, 0.5) is 5.69 Å². The number of benzene rings is 2. The van der Waals surface area contributed by atoms with Crippen LogP contribution in [0, 0.1) is 0 Å². The first-order valence-electron chi connectivity index (χ1n) is 10.2. The summed E-state index contributed by atoms with van der Waals surface area (Å²) in [6.07, 6.45) is 1.03. The number of nitrogens with zero attached hydrogens (tertiary/aromatic N) is 1. The van der Waals surface area contributed by atoms with Crippen LogP contribution in [0.3, 0.4) is 0 Å². The van der Waals surface area contributed by atoms with E-state index >= 15 is 0 Å². The predicted octanol–water partition coefficient (Wildman–Crippen LogP) is 2.59. The van der Waals surface area contributed by atoms with Crippen molar-refractivity contribution >= 4 is 21.6 Å². The van der Waals surface area contributed by atoms with Crippen LogP contribution < -0.4 is 23.8 Å².